The van der Waals surface area contributed by atoms with Gasteiger partial charge in [0.1, 0.15) is 0 Å². The number of likely N-dealkylation sites (tertiary alicyclic amines) is 1. The minimum Gasteiger partial charge on any atom is -0.469 e. The molecule has 0 aromatic heterocycles. The van der Waals surface area contributed by atoms with Crippen LogP contribution in [0.15, 0.2) is 30.3 Å². The molecule has 4 heteroatoms. The van der Waals surface area contributed by atoms with Crippen molar-refractivity contribution in [2.75, 3.05) is 26.7 Å². The fraction of sp³-hybridized carbons (Fsp3) is 0.588. The minimum atomic E-state index is -0.0812. The van der Waals surface area contributed by atoms with Gasteiger partial charge in [-0.2, -0.15) is 0 Å². The Morgan fingerprint density at radius 2 is 2.10 bits per heavy atom. The third-order valence-electron chi connectivity index (χ3n) is 4.04. The van der Waals surface area contributed by atoms with E-state index in [0.717, 1.165) is 39.0 Å². The molecule has 1 aliphatic rings. The van der Waals surface area contributed by atoms with Crippen LogP contribution in [0.4, 0.5) is 0 Å². The summed E-state index contributed by atoms with van der Waals surface area (Å²) >= 11 is 0. The zero-order chi connectivity index (χ0) is 15.1. The van der Waals surface area contributed by atoms with Crippen LogP contribution in [0.25, 0.3) is 0 Å². The molecule has 0 spiro atoms. The Balaban J connectivity index is 1.92. The molecular weight excluding hydrogens is 264 g/mol. The molecule has 1 aliphatic heterocycles. The monoisotopic (exact) mass is 290 g/mol. The molecular formula is C17H26N2O2. The first kappa shape index (κ1) is 16.0. The number of piperidine rings is 1. The second-order valence-corrected chi connectivity index (χ2v) is 5.78. The van der Waals surface area contributed by atoms with E-state index in [0.29, 0.717) is 6.04 Å². The third kappa shape index (κ3) is 4.83. The number of carbonyl (C=O) groups is 1. The van der Waals surface area contributed by atoms with E-state index >= 15 is 0 Å². The average molecular weight is 290 g/mol. The summed E-state index contributed by atoms with van der Waals surface area (Å²) in [5, 5.41) is 3.59. The Labute approximate surface area is 127 Å². The third-order valence-corrected chi connectivity index (χ3v) is 4.04. The number of rotatable bonds is 6. The molecule has 0 radical (unpaired) electrons. The lowest BCUT2D eigenvalue weighted by molar-refractivity contribution is -0.147. The van der Waals surface area contributed by atoms with Crippen LogP contribution in [0.5, 0.6) is 0 Å². The summed E-state index contributed by atoms with van der Waals surface area (Å²) in [4.78, 5) is 14.2. The Morgan fingerprint density at radius 1 is 1.33 bits per heavy atom. The van der Waals surface area contributed by atoms with E-state index in [4.69, 9.17) is 4.74 Å². The van der Waals surface area contributed by atoms with Crippen molar-refractivity contribution in [3.63, 3.8) is 0 Å². The molecule has 2 atom stereocenters. The molecule has 1 aromatic rings. The smallest absolute Gasteiger partial charge is 0.310 e. The van der Waals surface area contributed by atoms with Crippen LogP contribution in [-0.4, -0.2) is 43.7 Å². The molecule has 1 fully saturated rings. The van der Waals surface area contributed by atoms with Gasteiger partial charge < -0.3 is 15.0 Å². The second-order valence-electron chi connectivity index (χ2n) is 5.78. The van der Waals surface area contributed by atoms with Crippen molar-refractivity contribution in [3.05, 3.63) is 35.9 Å². The van der Waals surface area contributed by atoms with Gasteiger partial charge in [0.15, 0.2) is 0 Å². The van der Waals surface area contributed by atoms with Crippen molar-refractivity contribution >= 4 is 5.97 Å². The molecule has 1 aromatic carbocycles. The van der Waals surface area contributed by atoms with E-state index in [-0.39, 0.29) is 11.9 Å². The number of benzene rings is 1. The molecule has 0 bridgehead atoms. The zero-order valence-corrected chi connectivity index (χ0v) is 13.0. The minimum absolute atomic E-state index is 0.0106. The predicted molar refractivity (Wildman–Crippen MR) is 83.9 cm³/mol. The highest BCUT2D eigenvalue weighted by atomic mass is 16.5. The molecule has 1 N–H and O–H groups in total. The second kappa shape index (κ2) is 8.15. The highest BCUT2D eigenvalue weighted by Crippen LogP contribution is 2.19. The van der Waals surface area contributed by atoms with Crippen LogP contribution in [0, 0.1) is 5.92 Å². The lowest BCUT2D eigenvalue weighted by Gasteiger charge is -2.37. The maximum absolute atomic E-state index is 11.9. The first-order valence-electron chi connectivity index (χ1n) is 7.80. The van der Waals surface area contributed by atoms with E-state index in [9.17, 15) is 4.79 Å². The van der Waals surface area contributed by atoms with E-state index in [1.54, 1.807) is 0 Å². The molecule has 0 aliphatic carbocycles. The molecule has 0 saturated carbocycles. The number of ether oxygens (including phenoxy) is 1. The molecule has 2 rings (SSSR count). The lowest BCUT2D eigenvalue weighted by Crippen LogP contribution is -2.51. The molecule has 4 nitrogen and oxygen atoms in total. The highest BCUT2D eigenvalue weighted by molar-refractivity contribution is 5.72. The maximum atomic E-state index is 11.9. The Bertz CT molecular complexity index is 436. The zero-order valence-electron chi connectivity index (χ0n) is 13.0. The number of esters is 1. The van der Waals surface area contributed by atoms with Gasteiger partial charge >= 0.3 is 5.97 Å². The molecule has 116 valence electrons. The normalized spacial score (nSPS) is 23.0. The molecule has 21 heavy (non-hydrogen) atoms. The molecule has 0 amide bonds. The van der Waals surface area contributed by atoms with Gasteiger partial charge in [0.25, 0.3) is 0 Å². The van der Waals surface area contributed by atoms with Gasteiger partial charge in [-0.15, -0.1) is 0 Å². The van der Waals surface area contributed by atoms with Crippen LogP contribution in [0.3, 0.4) is 0 Å². The topological polar surface area (TPSA) is 41.6 Å². The summed E-state index contributed by atoms with van der Waals surface area (Å²) in [5.41, 5.74) is 1.28. The van der Waals surface area contributed by atoms with E-state index in [2.05, 4.69) is 41.4 Å². The number of hydrogen-bond acceptors (Lipinski definition) is 4. The number of nitrogens with zero attached hydrogens (tertiary/aromatic N) is 1. The van der Waals surface area contributed by atoms with Crippen LogP contribution >= 0.6 is 0 Å². The fourth-order valence-electron chi connectivity index (χ4n) is 3.03. The fourth-order valence-corrected chi connectivity index (χ4v) is 3.03. The predicted octanol–water partition coefficient (Wildman–Crippen LogP) is 2.05. The van der Waals surface area contributed by atoms with Gasteiger partial charge in [-0.3, -0.25) is 4.79 Å². The summed E-state index contributed by atoms with van der Waals surface area (Å²) in [6.07, 6.45) is 1.97. The summed E-state index contributed by atoms with van der Waals surface area (Å²) in [7, 11) is 1.48. The first-order chi connectivity index (χ1) is 10.2. The molecule has 1 saturated heterocycles. The van der Waals surface area contributed by atoms with Gasteiger partial charge in [-0.25, -0.2) is 0 Å². The SMILES string of the molecule is CCCN1CC(NCc2ccccc2)CC(C(=O)OC)C1. The Kier molecular flexibility index (Phi) is 6.21. The largest absolute Gasteiger partial charge is 0.469 e. The van der Waals surface area contributed by atoms with Gasteiger partial charge in [0, 0.05) is 25.7 Å². The number of nitrogens with one attached hydrogen (secondary N) is 1. The summed E-state index contributed by atoms with van der Waals surface area (Å²) in [5.74, 6) is -0.0918. The van der Waals surface area contributed by atoms with Crippen molar-refractivity contribution in [1.82, 2.24) is 10.2 Å². The van der Waals surface area contributed by atoms with Crippen LogP contribution < -0.4 is 5.32 Å². The van der Waals surface area contributed by atoms with E-state index < -0.39 is 0 Å². The van der Waals surface area contributed by atoms with Crippen LogP contribution in [-0.2, 0) is 16.1 Å². The van der Waals surface area contributed by atoms with E-state index in [1.807, 2.05) is 6.07 Å². The molecule has 1 heterocycles. The summed E-state index contributed by atoms with van der Waals surface area (Å²) in [6.45, 7) is 5.89. The van der Waals surface area contributed by atoms with Gasteiger partial charge in [0.05, 0.1) is 13.0 Å². The standard InChI is InChI=1S/C17H26N2O2/c1-3-9-19-12-15(17(20)21-2)10-16(13-19)18-11-14-7-5-4-6-8-14/h4-8,15-16,18H,3,9-13H2,1-2H3. The maximum Gasteiger partial charge on any atom is 0.310 e. The van der Waals surface area contributed by atoms with E-state index in [1.165, 1.54) is 12.7 Å². The van der Waals surface area contributed by atoms with Crippen molar-refractivity contribution in [2.45, 2.75) is 32.4 Å². The Morgan fingerprint density at radius 3 is 2.76 bits per heavy atom. The van der Waals surface area contributed by atoms with Gasteiger partial charge in [-0.05, 0) is 24.9 Å². The average Bonchev–Trinajstić information content (AvgIpc) is 2.53. The Hall–Kier alpha value is -1.39. The number of carbonyl (C=O) groups excluding carboxylic acids is 1. The number of methoxy groups -OCH3 is 1. The van der Waals surface area contributed by atoms with Gasteiger partial charge in [-0.1, -0.05) is 37.3 Å². The van der Waals surface area contributed by atoms with Crippen LogP contribution in [0.2, 0.25) is 0 Å². The van der Waals surface area contributed by atoms with Gasteiger partial charge in [0.2, 0.25) is 0 Å². The molecule has 2 unspecified atom stereocenters. The first-order valence-corrected chi connectivity index (χ1v) is 7.80. The lowest BCUT2D eigenvalue weighted by atomic mass is 9.94. The quantitative estimate of drug-likeness (QED) is 0.814. The van der Waals surface area contributed by atoms with Crippen molar-refractivity contribution < 1.29 is 9.53 Å². The number of hydrogen-bond donors (Lipinski definition) is 1. The highest BCUT2D eigenvalue weighted by Gasteiger charge is 2.31. The van der Waals surface area contributed by atoms with Crippen molar-refractivity contribution in [3.8, 4) is 0 Å². The summed E-state index contributed by atoms with van der Waals surface area (Å²) < 4.78 is 4.93. The van der Waals surface area contributed by atoms with Crippen LogP contribution in [0.1, 0.15) is 25.3 Å². The summed E-state index contributed by atoms with van der Waals surface area (Å²) in [6, 6.07) is 10.7. The van der Waals surface area contributed by atoms with Crippen molar-refractivity contribution in [1.29, 1.82) is 0 Å². The van der Waals surface area contributed by atoms with Crippen molar-refractivity contribution in [2.24, 2.45) is 5.92 Å².